The van der Waals surface area contributed by atoms with E-state index < -0.39 is 0 Å². The number of methoxy groups -OCH3 is 1. The molecule has 128 valence electrons. The number of benzene rings is 2. The number of carbonyl (C=O) groups is 1. The minimum atomic E-state index is -0.331. The van der Waals surface area contributed by atoms with Gasteiger partial charge in [-0.25, -0.2) is 4.39 Å². The number of hydrogen-bond donors (Lipinski definition) is 1. The van der Waals surface area contributed by atoms with Crippen LogP contribution < -0.4 is 4.74 Å². The van der Waals surface area contributed by atoms with Gasteiger partial charge in [0.15, 0.2) is 17.3 Å². The van der Waals surface area contributed by atoms with Crippen LogP contribution in [0.5, 0.6) is 11.5 Å². The SMILES string of the molecule is COc1cc(/C=C2\CCC/C(=C\c3ccccc3F)C2=O)ccc1O. The van der Waals surface area contributed by atoms with Crippen LogP contribution in [0.15, 0.2) is 53.6 Å². The molecule has 0 aliphatic heterocycles. The molecule has 1 aliphatic rings. The largest absolute Gasteiger partial charge is 0.504 e. The third kappa shape index (κ3) is 3.79. The summed E-state index contributed by atoms with van der Waals surface area (Å²) >= 11 is 0. The second kappa shape index (κ2) is 7.34. The molecular weight excluding hydrogens is 319 g/mol. The molecule has 0 radical (unpaired) electrons. The first-order valence-electron chi connectivity index (χ1n) is 8.16. The Morgan fingerprint density at radius 3 is 2.52 bits per heavy atom. The summed E-state index contributed by atoms with van der Waals surface area (Å²) in [7, 11) is 1.48. The topological polar surface area (TPSA) is 46.5 Å². The summed E-state index contributed by atoms with van der Waals surface area (Å²) in [4.78, 5) is 12.7. The quantitative estimate of drug-likeness (QED) is 0.821. The number of hydrogen-bond acceptors (Lipinski definition) is 3. The first kappa shape index (κ1) is 17.0. The average Bonchev–Trinajstić information content (AvgIpc) is 2.62. The van der Waals surface area contributed by atoms with Crippen LogP contribution >= 0.6 is 0 Å². The molecule has 2 aromatic carbocycles. The van der Waals surface area contributed by atoms with Crippen LogP contribution in [0.3, 0.4) is 0 Å². The van der Waals surface area contributed by atoms with Gasteiger partial charge in [-0.1, -0.05) is 24.3 Å². The zero-order valence-corrected chi connectivity index (χ0v) is 14.0. The fourth-order valence-corrected chi connectivity index (χ4v) is 2.94. The van der Waals surface area contributed by atoms with Crippen molar-refractivity contribution in [1.82, 2.24) is 0 Å². The van der Waals surface area contributed by atoms with E-state index in [1.807, 2.05) is 0 Å². The second-order valence-electron chi connectivity index (χ2n) is 5.97. The fraction of sp³-hybridized carbons (Fsp3) is 0.190. The van der Waals surface area contributed by atoms with Crippen LogP contribution in [-0.2, 0) is 4.79 Å². The summed E-state index contributed by atoms with van der Waals surface area (Å²) in [6, 6.07) is 11.4. The van der Waals surface area contributed by atoms with Gasteiger partial charge in [-0.05, 0) is 55.2 Å². The molecule has 3 nitrogen and oxygen atoms in total. The minimum Gasteiger partial charge on any atom is -0.504 e. The van der Waals surface area contributed by atoms with Gasteiger partial charge in [-0.2, -0.15) is 0 Å². The number of allylic oxidation sites excluding steroid dienone is 2. The highest BCUT2D eigenvalue weighted by molar-refractivity contribution is 6.14. The molecule has 0 spiro atoms. The van der Waals surface area contributed by atoms with E-state index in [1.54, 1.807) is 42.5 Å². The van der Waals surface area contributed by atoms with Crippen molar-refractivity contribution < 1.29 is 19.0 Å². The monoisotopic (exact) mass is 338 g/mol. The summed E-state index contributed by atoms with van der Waals surface area (Å²) in [5.41, 5.74) is 2.51. The van der Waals surface area contributed by atoms with Gasteiger partial charge in [-0.15, -0.1) is 0 Å². The first-order chi connectivity index (χ1) is 12.1. The predicted octanol–water partition coefficient (Wildman–Crippen LogP) is 4.76. The Balaban J connectivity index is 1.91. The molecule has 0 atom stereocenters. The number of rotatable bonds is 3. The first-order valence-corrected chi connectivity index (χ1v) is 8.16. The molecule has 1 saturated carbocycles. The molecule has 3 rings (SSSR count). The van der Waals surface area contributed by atoms with Crippen LogP contribution in [0.4, 0.5) is 4.39 Å². The van der Waals surface area contributed by atoms with Crippen molar-refractivity contribution in [3.8, 4) is 11.5 Å². The zero-order chi connectivity index (χ0) is 17.8. The lowest BCUT2D eigenvalue weighted by Crippen LogP contribution is -2.12. The Labute approximate surface area is 146 Å². The lowest BCUT2D eigenvalue weighted by Gasteiger charge is -2.17. The van der Waals surface area contributed by atoms with E-state index in [2.05, 4.69) is 0 Å². The van der Waals surface area contributed by atoms with Crippen LogP contribution in [0.25, 0.3) is 12.2 Å². The number of ketones is 1. The normalized spacial score (nSPS) is 17.9. The molecule has 0 amide bonds. The number of phenolic OH excluding ortho intramolecular Hbond substituents is 1. The van der Waals surface area contributed by atoms with E-state index in [9.17, 15) is 14.3 Å². The van der Waals surface area contributed by atoms with E-state index in [0.29, 0.717) is 35.3 Å². The Morgan fingerprint density at radius 1 is 1.08 bits per heavy atom. The third-order valence-corrected chi connectivity index (χ3v) is 4.26. The highest BCUT2D eigenvalue weighted by Crippen LogP contribution is 2.31. The summed E-state index contributed by atoms with van der Waals surface area (Å²) in [5, 5.41) is 9.67. The van der Waals surface area contributed by atoms with E-state index in [1.165, 1.54) is 19.2 Å². The number of Topliss-reactive ketones (excluding diaryl/α,β-unsaturated/α-hetero) is 1. The molecule has 4 heteroatoms. The average molecular weight is 338 g/mol. The fourth-order valence-electron chi connectivity index (χ4n) is 2.94. The lowest BCUT2D eigenvalue weighted by molar-refractivity contribution is -0.112. The summed E-state index contributed by atoms with van der Waals surface area (Å²) in [5.74, 6) is 0.0307. The highest BCUT2D eigenvalue weighted by Gasteiger charge is 2.21. The van der Waals surface area contributed by atoms with Crippen molar-refractivity contribution in [2.24, 2.45) is 0 Å². The molecule has 0 heterocycles. The Morgan fingerprint density at radius 2 is 1.80 bits per heavy atom. The molecule has 1 aliphatic carbocycles. The molecule has 0 bridgehead atoms. The van der Waals surface area contributed by atoms with Crippen LogP contribution in [0.1, 0.15) is 30.4 Å². The van der Waals surface area contributed by atoms with E-state index in [-0.39, 0.29) is 17.3 Å². The van der Waals surface area contributed by atoms with E-state index >= 15 is 0 Å². The molecule has 1 N–H and O–H groups in total. The third-order valence-electron chi connectivity index (χ3n) is 4.26. The highest BCUT2D eigenvalue weighted by atomic mass is 19.1. The van der Waals surface area contributed by atoms with Crippen LogP contribution in [-0.4, -0.2) is 18.0 Å². The van der Waals surface area contributed by atoms with Crippen molar-refractivity contribution in [2.45, 2.75) is 19.3 Å². The summed E-state index contributed by atoms with van der Waals surface area (Å²) in [6.45, 7) is 0. The maximum Gasteiger partial charge on any atom is 0.185 e. The molecule has 0 unspecified atom stereocenters. The Kier molecular flexibility index (Phi) is 4.98. The van der Waals surface area contributed by atoms with Crippen molar-refractivity contribution in [3.63, 3.8) is 0 Å². The lowest BCUT2D eigenvalue weighted by atomic mass is 9.87. The van der Waals surface area contributed by atoms with E-state index in [0.717, 1.165) is 12.0 Å². The van der Waals surface area contributed by atoms with Gasteiger partial charge in [0.1, 0.15) is 5.82 Å². The van der Waals surface area contributed by atoms with Gasteiger partial charge in [0, 0.05) is 16.7 Å². The Hall–Kier alpha value is -2.88. The molecule has 25 heavy (non-hydrogen) atoms. The standard InChI is InChI=1S/C21H19FO3/c1-25-20-12-14(9-10-19(20)23)11-16-6-4-7-17(21(16)24)13-15-5-2-3-8-18(15)22/h2-3,5,8-13,23H,4,6-7H2,1H3/b16-11+,17-13+. The summed E-state index contributed by atoms with van der Waals surface area (Å²) in [6.07, 6.45) is 5.60. The van der Waals surface area contributed by atoms with Crippen LogP contribution in [0, 0.1) is 5.82 Å². The maximum atomic E-state index is 13.8. The number of halogens is 1. The molecule has 0 saturated heterocycles. The number of carbonyl (C=O) groups excluding carboxylic acids is 1. The van der Waals surface area contributed by atoms with Crippen LogP contribution in [0.2, 0.25) is 0 Å². The number of aromatic hydroxyl groups is 1. The maximum absolute atomic E-state index is 13.8. The van der Waals surface area contributed by atoms with Gasteiger partial charge in [-0.3, -0.25) is 4.79 Å². The van der Waals surface area contributed by atoms with Crippen molar-refractivity contribution >= 4 is 17.9 Å². The van der Waals surface area contributed by atoms with Crippen molar-refractivity contribution in [1.29, 1.82) is 0 Å². The van der Waals surface area contributed by atoms with Gasteiger partial charge in [0.05, 0.1) is 7.11 Å². The Bertz CT molecular complexity index is 865. The molecular formula is C21H19FO3. The van der Waals surface area contributed by atoms with Gasteiger partial charge in [0.25, 0.3) is 0 Å². The smallest absolute Gasteiger partial charge is 0.185 e. The zero-order valence-electron chi connectivity index (χ0n) is 14.0. The van der Waals surface area contributed by atoms with Crippen molar-refractivity contribution in [2.75, 3.05) is 7.11 Å². The number of ether oxygens (including phenoxy) is 1. The van der Waals surface area contributed by atoms with Gasteiger partial charge in [0.2, 0.25) is 0 Å². The predicted molar refractivity (Wildman–Crippen MR) is 95.9 cm³/mol. The number of phenols is 1. The van der Waals surface area contributed by atoms with E-state index in [4.69, 9.17) is 4.74 Å². The molecule has 1 fully saturated rings. The molecule has 2 aromatic rings. The minimum absolute atomic E-state index is 0.0541. The summed E-state index contributed by atoms with van der Waals surface area (Å²) < 4.78 is 18.9. The molecule has 0 aromatic heterocycles. The second-order valence-corrected chi connectivity index (χ2v) is 5.97. The van der Waals surface area contributed by atoms with Crippen molar-refractivity contribution in [3.05, 3.63) is 70.6 Å². The van der Waals surface area contributed by atoms with Gasteiger partial charge >= 0.3 is 0 Å². The van der Waals surface area contributed by atoms with Gasteiger partial charge < -0.3 is 9.84 Å².